The van der Waals surface area contributed by atoms with Crippen LogP contribution >= 0.6 is 0 Å². The average molecular weight is 193 g/mol. The van der Waals surface area contributed by atoms with E-state index >= 15 is 0 Å². The van der Waals surface area contributed by atoms with Crippen LogP contribution in [0.1, 0.15) is 13.3 Å². The third-order valence-electron chi connectivity index (χ3n) is 2.29. The van der Waals surface area contributed by atoms with Gasteiger partial charge in [0.1, 0.15) is 0 Å². The molecule has 0 aliphatic rings. The Kier molecular flexibility index (Phi) is 3.51. The van der Waals surface area contributed by atoms with Gasteiger partial charge in [0.15, 0.2) is 0 Å². The van der Waals surface area contributed by atoms with E-state index in [-0.39, 0.29) is 12.5 Å². The molecule has 1 N–H and O–H groups in total. The highest BCUT2D eigenvalue weighted by Crippen LogP contribution is 2.15. The Morgan fingerprint density at radius 3 is 2.50 bits per heavy atom. The van der Waals surface area contributed by atoms with Crippen LogP contribution in [0.5, 0.6) is 0 Å². The molecule has 0 unspecified atom stereocenters. The summed E-state index contributed by atoms with van der Waals surface area (Å²) in [6.45, 7) is 1.90. The molecule has 0 amide bonds. The zero-order chi connectivity index (χ0) is 10.6. The Balaban J connectivity index is 2.65. The lowest BCUT2D eigenvalue weighted by Crippen LogP contribution is -2.30. The van der Waals surface area contributed by atoms with Crippen molar-refractivity contribution in [3.63, 3.8) is 0 Å². The fraction of sp³-hybridized carbons (Fsp3) is 0.364. The first-order valence-corrected chi connectivity index (χ1v) is 4.61. The van der Waals surface area contributed by atoms with Crippen LogP contribution in [0, 0.1) is 0 Å². The summed E-state index contributed by atoms with van der Waals surface area (Å²) >= 11 is 0. The van der Waals surface area contributed by atoms with Crippen molar-refractivity contribution in [2.45, 2.75) is 19.4 Å². The molecule has 0 saturated carbocycles. The minimum Gasteiger partial charge on any atom is -0.481 e. The standard InChI is InChI=1S/C11H15NO2/c1-9(8-11(13)14)12(2)10-6-4-3-5-7-10/h3-7,9H,8H2,1-2H3,(H,13,14)/t9-/m1/s1. The number of anilines is 1. The van der Waals surface area contributed by atoms with E-state index in [1.54, 1.807) is 0 Å². The highest BCUT2D eigenvalue weighted by molar-refractivity contribution is 5.68. The van der Waals surface area contributed by atoms with Crippen molar-refractivity contribution in [3.8, 4) is 0 Å². The monoisotopic (exact) mass is 193 g/mol. The maximum atomic E-state index is 10.5. The molecule has 76 valence electrons. The molecule has 0 fully saturated rings. The van der Waals surface area contributed by atoms with E-state index in [2.05, 4.69) is 0 Å². The molecule has 0 aliphatic heterocycles. The molecule has 3 nitrogen and oxygen atoms in total. The van der Waals surface area contributed by atoms with Crippen LogP contribution in [0.15, 0.2) is 30.3 Å². The molecular formula is C11H15NO2. The van der Waals surface area contributed by atoms with E-state index in [1.165, 1.54) is 0 Å². The van der Waals surface area contributed by atoms with E-state index < -0.39 is 5.97 Å². The zero-order valence-corrected chi connectivity index (χ0v) is 8.47. The van der Waals surface area contributed by atoms with Gasteiger partial charge in [0.25, 0.3) is 0 Å². The van der Waals surface area contributed by atoms with Gasteiger partial charge in [-0.15, -0.1) is 0 Å². The van der Waals surface area contributed by atoms with E-state index in [0.29, 0.717) is 0 Å². The lowest BCUT2D eigenvalue weighted by atomic mass is 10.2. The van der Waals surface area contributed by atoms with Crippen LogP contribution in [0.25, 0.3) is 0 Å². The fourth-order valence-electron chi connectivity index (χ4n) is 1.31. The molecule has 0 bridgehead atoms. The van der Waals surface area contributed by atoms with Gasteiger partial charge < -0.3 is 10.0 Å². The van der Waals surface area contributed by atoms with Gasteiger partial charge in [0, 0.05) is 18.8 Å². The Morgan fingerprint density at radius 1 is 1.43 bits per heavy atom. The first-order chi connectivity index (χ1) is 6.61. The molecular weight excluding hydrogens is 178 g/mol. The number of carboxylic acids is 1. The molecule has 1 atom stereocenters. The summed E-state index contributed by atoms with van der Waals surface area (Å²) in [5.41, 5.74) is 1.04. The molecule has 0 saturated heterocycles. The molecule has 0 heterocycles. The molecule has 0 aliphatic carbocycles. The van der Waals surface area contributed by atoms with E-state index in [0.717, 1.165) is 5.69 Å². The molecule has 1 aromatic carbocycles. The second-order valence-corrected chi connectivity index (χ2v) is 3.39. The summed E-state index contributed by atoms with van der Waals surface area (Å²) in [5, 5.41) is 8.65. The zero-order valence-electron chi connectivity index (χ0n) is 8.47. The van der Waals surface area contributed by atoms with Gasteiger partial charge in [0.05, 0.1) is 6.42 Å². The van der Waals surface area contributed by atoms with Gasteiger partial charge >= 0.3 is 5.97 Å². The molecule has 0 aromatic heterocycles. The molecule has 1 aromatic rings. The van der Waals surface area contributed by atoms with Gasteiger partial charge in [-0.1, -0.05) is 18.2 Å². The highest BCUT2D eigenvalue weighted by Gasteiger charge is 2.12. The number of benzene rings is 1. The number of rotatable bonds is 4. The number of carbonyl (C=O) groups is 1. The minimum absolute atomic E-state index is 0.00917. The lowest BCUT2D eigenvalue weighted by Gasteiger charge is -2.25. The van der Waals surface area contributed by atoms with Crippen LogP contribution in [0.3, 0.4) is 0 Å². The molecule has 3 heteroatoms. The first kappa shape index (κ1) is 10.6. The predicted molar refractivity (Wildman–Crippen MR) is 56.6 cm³/mol. The van der Waals surface area contributed by atoms with Gasteiger partial charge in [-0.05, 0) is 19.1 Å². The quantitative estimate of drug-likeness (QED) is 0.795. The van der Waals surface area contributed by atoms with Crippen molar-refractivity contribution in [2.75, 3.05) is 11.9 Å². The fourth-order valence-corrected chi connectivity index (χ4v) is 1.31. The summed E-state index contributed by atoms with van der Waals surface area (Å²) in [6.07, 6.45) is 0.158. The first-order valence-electron chi connectivity index (χ1n) is 4.61. The van der Waals surface area contributed by atoms with Gasteiger partial charge in [0.2, 0.25) is 0 Å². The van der Waals surface area contributed by atoms with Crippen LogP contribution in [0.2, 0.25) is 0 Å². The van der Waals surface area contributed by atoms with Crippen molar-refractivity contribution in [1.29, 1.82) is 0 Å². The second-order valence-electron chi connectivity index (χ2n) is 3.39. The van der Waals surface area contributed by atoms with Crippen LogP contribution in [-0.2, 0) is 4.79 Å². The Bertz CT molecular complexity index is 297. The topological polar surface area (TPSA) is 40.5 Å². The van der Waals surface area contributed by atoms with Crippen molar-refractivity contribution in [1.82, 2.24) is 0 Å². The second kappa shape index (κ2) is 4.65. The summed E-state index contributed by atoms with van der Waals surface area (Å²) in [6, 6.07) is 9.78. The van der Waals surface area contributed by atoms with Crippen molar-refractivity contribution >= 4 is 11.7 Å². The Morgan fingerprint density at radius 2 is 2.00 bits per heavy atom. The SMILES string of the molecule is C[C@H](CC(=O)O)N(C)c1ccccc1. The molecule has 1 rings (SSSR count). The number of carboxylic acid groups (broad SMARTS) is 1. The smallest absolute Gasteiger partial charge is 0.305 e. The van der Waals surface area contributed by atoms with E-state index in [9.17, 15) is 4.79 Å². The third kappa shape index (κ3) is 2.76. The summed E-state index contributed by atoms with van der Waals surface area (Å²) < 4.78 is 0. The Hall–Kier alpha value is -1.51. The van der Waals surface area contributed by atoms with E-state index in [1.807, 2.05) is 49.2 Å². The average Bonchev–Trinajstić information content (AvgIpc) is 2.17. The number of hydrogen-bond acceptors (Lipinski definition) is 2. The summed E-state index contributed by atoms with van der Waals surface area (Å²) in [7, 11) is 1.91. The highest BCUT2D eigenvalue weighted by atomic mass is 16.4. The largest absolute Gasteiger partial charge is 0.481 e. The maximum absolute atomic E-state index is 10.5. The number of hydrogen-bond donors (Lipinski definition) is 1. The van der Waals surface area contributed by atoms with Crippen LogP contribution in [0.4, 0.5) is 5.69 Å². The van der Waals surface area contributed by atoms with Crippen LogP contribution < -0.4 is 4.90 Å². The van der Waals surface area contributed by atoms with E-state index in [4.69, 9.17) is 5.11 Å². The predicted octanol–water partition coefficient (Wildman–Crippen LogP) is 1.99. The van der Waals surface area contributed by atoms with Gasteiger partial charge in [-0.25, -0.2) is 0 Å². The molecule has 0 spiro atoms. The normalized spacial score (nSPS) is 12.1. The summed E-state index contributed by atoms with van der Waals surface area (Å²) in [4.78, 5) is 12.5. The van der Waals surface area contributed by atoms with Gasteiger partial charge in [-0.3, -0.25) is 4.79 Å². The Labute approximate surface area is 84.0 Å². The molecule has 0 radical (unpaired) electrons. The third-order valence-corrected chi connectivity index (χ3v) is 2.29. The van der Waals surface area contributed by atoms with Crippen molar-refractivity contribution in [2.24, 2.45) is 0 Å². The lowest BCUT2D eigenvalue weighted by molar-refractivity contribution is -0.137. The summed E-state index contributed by atoms with van der Waals surface area (Å²) in [5.74, 6) is -0.764. The number of para-hydroxylation sites is 1. The maximum Gasteiger partial charge on any atom is 0.305 e. The minimum atomic E-state index is -0.764. The number of nitrogens with zero attached hydrogens (tertiary/aromatic N) is 1. The van der Waals surface area contributed by atoms with Gasteiger partial charge in [-0.2, -0.15) is 0 Å². The van der Waals surface area contributed by atoms with Crippen molar-refractivity contribution < 1.29 is 9.90 Å². The molecule has 14 heavy (non-hydrogen) atoms. The number of aliphatic carboxylic acids is 1. The van der Waals surface area contributed by atoms with Crippen molar-refractivity contribution in [3.05, 3.63) is 30.3 Å². The van der Waals surface area contributed by atoms with Crippen LogP contribution in [-0.4, -0.2) is 24.2 Å².